The van der Waals surface area contributed by atoms with E-state index in [0.29, 0.717) is 43.9 Å². The number of carbonyl (C=O) groups is 1. The molecule has 36 heavy (non-hydrogen) atoms. The Bertz CT molecular complexity index is 1460. The Hall–Kier alpha value is -3.73. The maximum atomic E-state index is 13.3. The molecule has 0 fully saturated rings. The van der Waals surface area contributed by atoms with E-state index >= 15 is 0 Å². The second-order valence-electron chi connectivity index (χ2n) is 8.45. The molecule has 9 nitrogen and oxygen atoms in total. The van der Waals surface area contributed by atoms with Crippen molar-refractivity contribution in [3.63, 3.8) is 0 Å². The van der Waals surface area contributed by atoms with Crippen LogP contribution < -0.4 is 25.8 Å². The molecule has 3 aromatic carbocycles. The quantitative estimate of drug-likeness (QED) is 0.259. The van der Waals surface area contributed by atoms with Crippen LogP contribution in [0.2, 0.25) is 5.02 Å². The maximum absolute atomic E-state index is 13.3. The molecule has 4 aromatic rings. The van der Waals surface area contributed by atoms with Gasteiger partial charge in [-0.05, 0) is 56.3 Å². The van der Waals surface area contributed by atoms with Crippen LogP contribution in [0.1, 0.15) is 13.8 Å². The zero-order valence-electron chi connectivity index (χ0n) is 19.8. The fourth-order valence-electron chi connectivity index (χ4n) is 3.14. The number of hydrogen-bond acceptors (Lipinski definition) is 7. The summed E-state index contributed by atoms with van der Waals surface area (Å²) in [6.07, 6.45) is 0. The SMILES string of the molecule is COc1ccc(Cl)c(Nc2nc3ccccc3nc2NS(=O)c2cccc(NC(=O)C(C)(C)N)c2)c1. The smallest absolute Gasteiger partial charge is 0.243 e. The largest absolute Gasteiger partial charge is 0.497 e. The number of aromatic nitrogens is 2. The summed E-state index contributed by atoms with van der Waals surface area (Å²) in [7, 11) is -0.176. The van der Waals surface area contributed by atoms with Gasteiger partial charge in [0.2, 0.25) is 5.91 Å². The van der Waals surface area contributed by atoms with Crippen molar-refractivity contribution in [3.05, 3.63) is 71.8 Å². The van der Waals surface area contributed by atoms with E-state index in [9.17, 15) is 9.00 Å². The van der Waals surface area contributed by atoms with E-state index in [1.807, 2.05) is 24.3 Å². The summed E-state index contributed by atoms with van der Waals surface area (Å²) in [6, 6.07) is 19.2. The number of para-hydroxylation sites is 2. The minimum atomic E-state index is -1.74. The molecular weight excluding hydrogens is 500 g/mol. The number of nitrogens with one attached hydrogen (secondary N) is 3. The normalized spacial score (nSPS) is 12.1. The molecule has 1 unspecified atom stereocenters. The van der Waals surface area contributed by atoms with Crippen LogP contribution in [0.3, 0.4) is 0 Å². The molecule has 1 atom stereocenters. The molecule has 0 aliphatic carbocycles. The van der Waals surface area contributed by atoms with E-state index in [-0.39, 0.29) is 11.7 Å². The lowest BCUT2D eigenvalue weighted by molar-refractivity contribution is -0.120. The highest BCUT2D eigenvalue weighted by molar-refractivity contribution is 7.86. The molecule has 11 heteroatoms. The van der Waals surface area contributed by atoms with Crippen LogP contribution in [0.5, 0.6) is 5.75 Å². The number of rotatable bonds is 8. The van der Waals surface area contributed by atoms with Gasteiger partial charge in [-0.2, -0.15) is 0 Å². The summed E-state index contributed by atoms with van der Waals surface area (Å²) in [5.41, 5.74) is 7.07. The van der Waals surface area contributed by atoms with Crippen molar-refractivity contribution in [2.45, 2.75) is 24.3 Å². The summed E-state index contributed by atoms with van der Waals surface area (Å²) < 4.78 is 21.5. The third-order valence-corrected chi connectivity index (χ3v) is 6.47. The summed E-state index contributed by atoms with van der Waals surface area (Å²) >= 11 is 6.38. The second kappa shape index (κ2) is 10.5. The van der Waals surface area contributed by atoms with Gasteiger partial charge in [-0.25, -0.2) is 14.2 Å². The number of amides is 1. The zero-order valence-corrected chi connectivity index (χ0v) is 21.4. The first-order valence-electron chi connectivity index (χ1n) is 10.9. The van der Waals surface area contributed by atoms with Crippen molar-refractivity contribution >= 4 is 62.5 Å². The monoisotopic (exact) mass is 524 g/mol. The molecule has 0 aliphatic heterocycles. The number of nitrogens with two attached hydrogens (primary N) is 1. The average molecular weight is 525 g/mol. The summed E-state index contributed by atoms with van der Waals surface area (Å²) in [5, 5.41) is 6.35. The molecule has 0 saturated heterocycles. The number of halogens is 1. The fourth-order valence-corrected chi connectivity index (χ4v) is 4.18. The van der Waals surface area contributed by atoms with Gasteiger partial charge < -0.3 is 21.1 Å². The Morgan fingerprint density at radius 1 is 1.00 bits per heavy atom. The lowest BCUT2D eigenvalue weighted by Gasteiger charge is -2.18. The minimum absolute atomic E-state index is 0.253. The first-order valence-corrected chi connectivity index (χ1v) is 12.4. The average Bonchev–Trinajstić information content (AvgIpc) is 2.85. The number of hydrogen-bond donors (Lipinski definition) is 4. The van der Waals surface area contributed by atoms with Gasteiger partial charge in [-0.3, -0.25) is 9.52 Å². The maximum Gasteiger partial charge on any atom is 0.243 e. The molecule has 1 heterocycles. The molecule has 5 N–H and O–H groups in total. The number of fused-ring (bicyclic) bond motifs is 1. The van der Waals surface area contributed by atoms with Crippen LogP contribution >= 0.6 is 11.6 Å². The highest BCUT2D eigenvalue weighted by Gasteiger charge is 2.22. The fraction of sp³-hybridized carbons (Fsp3) is 0.160. The topological polar surface area (TPSA) is 131 Å². The van der Waals surface area contributed by atoms with Crippen molar-refractivity contribution in [1.82, 2.24) is 9.97 Å². The van der Waals surface area contributed by atoms with Gasteiger partial charge in [0.15, 0.2) is 22.6 Å². The number of nitrogens with zero attached hydrogens (tertiary/aromatic N) is 2. The highest BCUT2D eigenvalue weighted by atomic mass is 35.5. The predicted octanol–water partition coefficient (Wildman–Crippen LogP) is 4.85. The predicted molar refractivity (Wildman–Crippen MR) is 144 cm³/mol. The Kier molecular flexibility index (Phi) is 7.39. The van der Waals surface area contributed by atoms with Crippen LogP contribution in [0, 0.1) is 0 Å². The molecule has 1 aromatic heterocycles. The third-order valence-electron chi connectivity index (χ3n) is 5.08. The summed E-state index contributed by atoms with van der Waals surface area (Å²) in [5.74, 6) is 0.823. The van der Waals surface area contributed by atoms with Crippen molar-refractivity contribution < 1.29 is 13.7 Å². The number of benzene rings is 3. The van der Waals surface area contributed by atoms with Gasteiger partial charge >= 0.3 is 0 Å². The second-order valence-corrected chi connectivity index (χ2v) is 10.1. The highest BCUT2D eigenvalue weighted by Crippen LogP contribution is 2.32. The van der Waals surface area contributed by atoms with E-state index in [4.69, 9.17) is 22.1 Å². The molecule has 1 amide bonds. The van der Waals surface area contributed by atoms with Gasteiger partial charge in [0, 0.05) is 11.8 Å². The molecule has 0 aliphatic rings. The van der Waals surface area contributed by atoms with E-state index in [1.165, 1.54) is 0 Å². The van der Waals surface area contributed by atoms with Gasteiger partial charge in [0.1, 0.15) is 5.75 Å². The van der Waals surface area contributed by atoms with Crippen LogP contribution in [-0.2, 0) is 15.8 Å². The van der Waals surface area contributed by atoms with E-state index in [0.717, 1.165) is 0 Å². The van der Waals surface area contributed by atoms with Crippen molar-refractivity contribution in [2.75, 3.05) is 22.5 Å². The Balaban J connectivity index is 1.66. The van der Waals surface area contributed by atoms with Crippen LogP contribution in [0.4, 0.5) is 23.0 Å². The third kappa shape index (κ3) is 5.91. The van der Waals surface area contributed by atoms with E-state index < -0.39 is 16.5 Å². The van der Waals surface area contributed by atoms with Crippen molar-refractivity contribution in [1.29, 1.82) is 0 Å². The molecular formula is C25H25ClN6O3S. The first-order chi connectivity index (χ1) is 17.1. The van der Waals surface area contributed by atoms with E-state index in [1.54, 1.807) is 63.4 Å². The molecule has 0 bridgehead atoms. The first kappa shape index (κ1) is 25.4. The van der Waals surface area contributed by atoms with Crippen molar-refractivity contribution in [2.24, 2.45) is 5.73 Å². The molecule has 0 radical (unpaired) electrons. The van der Waals surface area contributed by atoms with Crippen molar-refractivity contribution in [3.8, 4) is 5.75 Å². The Morgan fingerprint density at radius 2 is 1.69 bits per heavy atom. The standard InChI is InChI=1S/C25H25ClN6O3S/c1-25(2,27)24(33)28-15-7-6-8-17(13-15)36(34)32-23-22(29-19-9-4-5-10-20(19)30-23)31-21-14-16(35-3)11-12-18(21)26/h4-14H,27H2,1-3H3,(H,28,33)(H,29,31)(H,30,32). The summed E-state index contributed by atoms with van der Waals surface area (Å²) in [6.45, 7) is 3.21. The summed E-state index contributed by atoms with van der Waals surface area (Å²) in [4.78, 5) is 21.9. The van der Waals surface area contributed by atoms with Crippen LogP contribution in [0.15, 0.2) is 71.6 Å². The van der Waals surface area contributed by atoms with Gasteiger partial charge in [0.05, 0.1) is 39.3 Å². The number of anilines is 4. The molecule has 186 valence electrons. The molecule has 4 rings (SSSR count). The number of methoxy groups -OCH3 is 1. The minimum Gasteiger partial charge on any atom is -0.497 e. The lowest BCUT2D eigenvalue weighted by Crippen LogP contribution is -2.45. The molecule has 0 saturated carbocycles. The number of ether oxygens (including phenoxy) is 1. The van der Waals surface area contributed by atoms with Crippen LogP contribution in [0.25, 0.3) is 11.0 Å². The van der Waals surface area contributed by atoms with Gasteiger partial charge in [-0.15, -0.1) is 0 Å². The van der Waals surface area contributed by atoms with Gasteiger partial charge in [-0.1, -0.05) is 29.8 Å². The number of carbonyl (C=O) groups excluding carboxylic acids is 1. The Labute approximate surface area is 216 Å². The molecule has 0 spiro atoms. The van der Waals surface area contributed by atoms with E-state index in [2.05, 4.69) is 25.3 Å². The van der Waals surface area contributed by atoms with Gasteiger partial charge in [0.25, 0.3) is 0 Å². The lowest BCUT2D eigenvalue weighted by atomic mass is 10.1. The Morgan fingerprint density at radius 3 is 2.36 bits per heavy atom. The van der Waals surface area contributed by atoms with Crippen LogP contribution in [-0.4, -0.2) is 32.7 Å². The zero-order chi connectivity index (χ0) is 25.9.